The van der Waals surface area contributed by atoms with Crippen LogP contribution >= 0.6 is 0 Å². The van der Waals surface area contributed by atoms with Gasteiger partial charge >= 0.3 is 0 Å². The van der Waals surface area contributed by atoms with Gasteiger partial charge in [-0.1, -0.05) is 25.0 Å². The lowest BCUT2D eigenvalue weighted by Crippen LogP contribution is -3.12. The molecule has 128 valence electrons. The lowest BCUT2D eigenvalue weighted by molar-refractivity contribution is -0.888. The first kappa shape index (κ1) is 17.8. The maximum atomic E-state index is 12.5. The summed E-state index contributed by atoms with van der Waals surface area (Å²) in [5.74, 6) is 0.754. The van der Waals surface area contributed by atoms with Crippen LogP contribution in [0.15, 0.2) is 24.3 Å². The number of hydrogen-bond donors (Lipinski definition) is 3. The van der Waals surface area contributed by atoms with Crippen LogP contribution in [-0.2, 0) is 4.79 Å². The molecule has 4 nitrogen and oxygen atoms in total. The zero-order valence-corrected chi connectivity index (χ0v) is 14.7. The number of hydrogen-bond acceptors (Lipinski definition) is 2. The van der Waals surface area contributed by atoms with Crippen LogP contribution in [0.3, 0.4) is 0 Å². The van der Waals surface area contributed by atoms with Gasteiger partial charge in [-0.25, -0.2) is 0 Å². The Balaban J connectivity index is 2.12. The van der Waals surface area contributed by atoms with Crippen LogP contribution in [0.1, 0.15) is 57.9 Å². The average Bonchev–Trinajstić information content (AvgIpc) is 2.53. The molecule has 0 aromatic heterocycles. The molecule has 1 aliphatic carbocycles. The molecular weight excluding hydrogens is 288 g/mol. The maximum Gasteiger partial charge on any atom is 0.275 e. The van der Waals surface area contributed by atoms with Gasteiger partial charge in [-0.2, -0.15) is 0 Å². The van der Waals surface area contributed by atoms with Crippen molar-refractivity contribution in [3.8, 4) is 5.75 Å². The highest BCUT2D eigenvalue weighted by atomic mass is 16.3. The van der Waals surface area contributed by atoms with E-state index in [2.05, 4.69) is 26.1 Å². The molecule has 1 saturated carbocycles. The summed E-state index contributed by atoms with van der Waals surface area (Å²) in [5, 5.41) is 12.8. The van der Waals surface area contributed by atoms with Crippen molar-refractivity contribution in [1.82, 2.24) is 5.32 Å². The normalized spacial score (nSPS) is 24.6. The molecule has 0 saturated heterocycles. The predicted molar refractivity (Wildman–Crippen MR) is 92.8 cm³/mol. The van der Waals surface area contributed by atoms with Crippen molar-refractivity contribution in [2.75, 3.05) is 19.6 Å². The molecule has 2 rings (SSSR count). The molecular formula is C19H31N2O2+. The van der Waals surface area contributed by atoms with Gasteiger partial charge in [0.1, 0.15) is 5.75 Å². The smallest absolute Gasteiger partial charge is 0.275 e. The molecule has 0 aliphatic heterocycles. The van der Waals surface area contributed by atoms with E-state index in [0.29, 0.717) is 18.2 Å². The summed E-state index contributed by atoms with van der Waals surface area (Å²) in [6.07, 6.45) is 4.44. The van der Waals surface area contributed by atoms with Gasteiger partial charge < -0.3 is 15.3 Å². The molecule has 1 aromatic carbocycles. The van der Waals surface area contributed by atoms with Crippen molar-refractivity contribution < 1.29 is 14.8 Å². The van der Waals surface area contributed by atoms with Crippen LogP contribution < -0.4 is 10.2 Å². The van der Waals surface area contributed by atoms with Gasteiger partial charge in [0.15, 0.2) is 6.54 Å². The van der Waals surface area contributed by atoms with Crippen molar-refractivity contribution in [2.24, 2.45) is 0 Å². The van der Waals surface area contributed by atoms with E-state index >= 15 is 0 Å². The molecule has 3 N–H and O–H groups in total. The second-order valence-electron chi connectivity index (χ2n) is 6.99. The minimum atomic E-state index is -0.196. The largest absolute Gasteiger partial charge is 0.508 e. The fourth-order valence-electron chi connectivity index (χ4n) is 3.81. The number of quaternary nitrogens is 1. The summed E-state index contributed by atoms with van der Waals surface area (Å²) in [6.45, 7) is 8.91. The summed E-state index contributed by atoms with van der Waals surface area (Å²) in [5.41, 5.74) is 1.01. The summed E-state index contributed by atoms with van der Waals surface area (Å²) in [6, 6.07) is 7.47. The Morgan fingerprint density at radius 2 is 1.91 bits per heavy atom. The van der Waals surface area contributed by atoms with Gasteiger partial charge in [-0.3, -0.25) is 4.79 Å². The molecule has 0 radical (unpaired) electrons. The van der Waals surface area contributed by atoms with E-state index in [0.717, 1.165) is 32.4 Å². The summed E-state index contributed by atoms with van der Waals surface area (Å²) in [4.78, 5) is 13.8. The monoisotopic (exact) mass is 319 g/mol. The molecule has 0 bridgehead atoms. The molecule has 0 spiro atoms. The fourth-order valence-corrected chi connectivity index (χ4v) is 3.81. The molecule has 2 atom stereocenters. The highest BCUT2D eigenvalue weighted by Gasteiger charge is 2.39. The highest BCUT2D eigenvalue weighted by Crippen LogP contribution is 2.41. The molecule has 4 heteroatoms. The Bertz CT molecular complexity index is 511. The lowest BCUT2D eigenvalue weighted by Gasteiger charge is -2.42. The summed E-state index contributed by atoms with van der Waals surface area (Å²) < 4.78 is 0. The van der Waals surface area contributed by atoms with Crippen molar-refractivity contribution >= 4 is 5.91 Å². The van der Waals surface area contributed by atoms with E-state index in [9.17, 15) is 9.90 Å². The number of amides is 1. The lowest BCUT2D eigenvalue weighted by atomic mass is 9.70. The van der Waals surface area contributed by atoms with Crippen LogP contribution in [0.5, 0.6) is 5.75 Å². The molecule has 1 aromatic rings. The van der Waals surface area contributed by atoms with Gasteiger partial charge in [0.05, 0.1) is 13.1 Å². The second-order valence-corrected chi connectivity index (χ2v) is 6.99. The van der Waals surface area contributed by atoms with Crippen molar-refractivity contribution in [2.45, 2.75) is 57.9 Å². The zero-order valence-electron chi connectivity index (χ0n) is 14.7. The number of benzene rings is 1. The Morgan fingerprint density at radius 1 is 1.26 bits per heavy atom. The Labute approximate surface area is 139 Å². The number of phenolic OH excluding ortho intramolecular Hbond substituents is 1. The van der Waals surface area contributed by atoms with Gasteiger partial charge in [0, 0.05) is 11.5 Å². The number of rotatable bonds is 6. The Morgan fingerprint density at radius 3 is 2.52 bits per heavy atom. The minimum Gasteiger partial charge on any atom is -0.508 e. The van der Waals surface area contributed by atoms with Crippen molar-refractivity contribution in [3.63, 3.8) is 0 Å². The second kappa shape index (κ2) is 7.82. The SMILES string of the molecule is CC[NH+](CC)CC(=O)N[C@@]1(C)CCCC[C@H]1c1ccc(O)cc1. The van der Waals surface area contributed by atoms with Crippen LogP contribution in [0.25, 0.3) is 0 Å². The van der Waals surface area contributed by atoms with E-state index in [1.54, 1.807) is 12.1 Å². The molecule has 23 heavy (non-hydrogen) atoms. The van der Waals surface area contributed by atoms with Crippen molar-refractivity contribution in [3.05, 3.63) is 29.8 Å². The fraction of sp³-hybridized carbons (Fsp3) is 0.632. The number of aromatic hydroxyl groups is 1. The number of carbonyl (C=O) groups excluding carboxylic acids is 1. The third kappa shape index (κ3) is 4.47. The number of phenols is 1. The minimum absolute atomic E-state index is 0.150. The quantitative estimate of drug-likeness (QED) is 0.749. The molecule has 0 heterocycles. The third-order valence-corrected chi connectivity index (χ3v) is 5.34. The topological polar surface area (TPSA) is 53.8 Å². The predicted octanol–water partition coefficient (Wildman–Crippen LogP) is 1.85. The standard InChI is InChI=1S/C19H30N2O2/c1-4-21(5-2)14-18(23)20-19(3)13-7-6-8-17(19)15-9-11-16(22)12-10-15/h9-12,17,22H,4-8,13-14H2,1-3H3,(H,20,23)/p+1/t17-,19-/m0/s1. The van der Waals surface area contributed by atoms with E-state index in [1.165, 1.54) is 16.9 Å². The average molecular weight is 319 g/mol. The van der Waals surface area contributed by atoms with E-state index < -0.39 is 0 Å². The number of carbonyl (C=O) groups is 1. The van der Waals surface area contributed by atoms with E-state index in [-0.39, 0.29) is 11.4 Å². The van der Waals surface area contributed by atoms with Crippen LogP contribution in [-0.4, -0.2) is 36.2 Å². The third-order valence-electron chi connectivity index (χ3n) is 5.34. The zero-order chi connectivity index (χ0) is 16.9. The Hall–Kier alpha value is -1.55. The van der Waals surface area contributed by atoms with Crippen LogP contribution in [0.2, 0.25) is 0 Å². The van der Waals surface area contributed by atoms with E-state index in [4.69, 9.17) is 0 Å². The van der Waals surface area contributed by atoms with E-state index in [1.807, 2.05) is 12.1 Å². The highest BCUT2D eigenvalue weighted by molar-refractivity contribution is 5.77. The van der Waals surface area contributed by atoms with Gasteiger partial charge in [-0.15, -0.1) is 0 Å². The molecule has 0 unspecified atom stereocenters. The first-order valence-electron chi connectivity index (χ1n) is 8.92. The van der Waals surface area contributed by atoms with Gasteiger partial charge in [-0.05, 0) is 51.3 Å². The van der Waals surface area contributed by atoms with Crippen LogP contribution in [0, 0.1) is 0 Å². The molecule has 1 aliphatic rings. The molecule has 1 fully saturated rings. The number of likely N-dealkylation sites (N-methyl/N-ethyl adjacent to an activating group) is 1. The first-order valence-corrected chi connectivity index (χ1v) is 8.92. The van der Waals surface area contributed by atoms with Gasteiger partial charge in [0.2, 0.25) is 0 Å². The Kier molecular flexibility index (Phi) is 6.05. The van der Waals surface area contributed by atoms with Crippen LogP contribution in [0.4, 0.5) is 0 Å². The summed E-state index contributed by atoms with van der Waals surface area (Å²) >= 11 is 0. The number of nitrogens with one attached hydrogen (secondary N) is 2. The summed E-state index contributed by atoms with van der Waals surface area (Å²) in [7, 11) is 0. The van der Waals surface area contributed by atoms with Crippen molar-refractivity contribution in [1.29, 1.82) is 0 Å². The van der Waals surface area contributed by atoms with Gasteiger partial charge in [0.25, 0.3) is 5.91 Å². The molecule has 1 amide bonds. The maximum absolute atomic E-state index is 12.5. The first-order chi connectivity index (χ1) is 11.0.